The standard InChI is InChI=1S/C16H18ClN3O3/c1-2-3-4-14(16(22)23)19-15(21)11-9-18-20(10-11)13-7-5-12(17)6-8-13/h5-10,14H,2-4H2,1H3,(H,19,21)(H,22,23). The zero-order chi connectivity index (χ0) is 16.8. The van der Waals surface area contributed by atoms with Crippen LogP contribution < -0.4 is 5.32 Å². The Balaban J connectivity index is 2.08. The second kappa shape index (κ2) is 7.78. The minimum atomic E-state index is -1.03. The van der Waals surface area contributed by atoms with Gasteiger partial charge < -0.3 is 10.4 Å². The fourth-order valence-corrected chi connectivity index (χ4v) is 2.21. The smallest absolute Gasteiger partial charge is 0.326 e. The highest BCUT2D eigenvalue weighted by Crippen LogP contribution is 2.13. The van der Waals surface area contributed by atoms with Crippen LogP contribution in [-0.2, 0) is 4.79 Å². The number of carbonyl (C=O) groups is 2. The molecule has 1 heterocycles. The molecule has 0 radical (unpaired) electrons. The average Bonchev–Trinajstić information content (AvgIpc) is 3.01. The first-order valence-electron chi connectivity index (χ1n) is 7.35. The van der Waals surface area contributed by atoms with Crippen molar-refractivity contribution >= 4 is 23.5 Å². The van der Waals surface area contributed by atoms with Crippen molar-refractivity contribution in [3.05, 3.63) is 47.2 Å². The lowest BCUT2D eigenvalue weighted by Gasteiger charge is -2.13. The molecule has 1 aromatic carbocycles. The number of unbranched alkanes of at least 4 members (excludes halogenated alkanes) is 1. The van der Waals surface area contributed by atoms with Gasteiger partial charge in [0.2, 0.25) is 0 Å². The fourth-order valence-electron chi connectivity index (χ4n) is 2.08. The first-order chi connectivity index (χ1) is 11.0. The molecule has 0 aliphatic rings. The van der Waals surface area contributed by atoms with Crippen LogP contribution in [0.4, 0.5) is 0 Å². The predicted molar refractivity (Wildman–Crippen MR) is 87.0 cm³/mol. The van der Waals surface area contributed by atoms with Gasteiger partial charge in [-0.3, -0.25) is 4.79 Å². The number of nitrogens with one attached hydrogen (secondary N) is 1. The number of hydrogen-bond acceptors (Lipinski definition) is 3. The Morgan fingerprint density at radius 2 is 2.04 bits per heavy atom. The molecule has 0 aliphatic heterocycles. The second-order valence-electron chi connectivity index (χ2n) is 5.16. The largest absolute Gasteiger partial charge is 0.480 e. The quantitative estimate of drug-likeness (QED) is 0.814. The van der Waals surface area contributed by atoms with E-state index in [9.17, 15) is 9.59 Å². The summed E-state index contributed by atoms with van der Waals surface area (Å²) in [5, 5.41) is 16.4. The summed E-state index contributed by atoms with van der Waals surface area (Å²) in [5.74, 6) is -1.48. The van der Waals surface area contributed by atoms with Crippen LogP contribution in [0.5, 0.6) is 0 Å². The topological polar surface area (TPSA) is 84.2 Å². The summed E-state index contributed by atoms with van der Waals surface area (Å²) < 4.78 is 1.53. The Hall–Kier alpha value is -2.34. The zero-order valence-electron chi connectivity index (χ0n) is 12.7. The summed E-state index contributed by atoms with van der Waals surface area (Å²) >= 11 is 5.83. The van der Waals surface area contributed by atoms with Crippen molar-refractivity contribution in [1.29, 1.82) is 0 Å². The van der Waals surface area contributed by atoms with Crippen LogP contribution in [0.15, 0.2) is 36.7 Å². The van der Waals surface area contributed by atoms with E-state index in [-0.39, 0.29) is 0 Å². The van der Waals surface area contributed by atoms with Gasteiger partial charge in [-0.15, -0.1) is 0 Å². The van der Waals surface area contributed by atoms with Crippen molar-refractivity contribution in [3.8, 4) is 5.69 Å². The van der Waals surface area contributed by atoms with E-state index < -0.39 is 17.9 Å². The van der Waals surface area contributed by atoms with Crippen LogP contribution in [0.2, 0.25) is 5.02 Å². The Morgan fingerprint density at radius 1 is 1.35 bits per heavy atom. The average molecular weight is 336 g/mol. The molecule has 7 heteroatoms. The summed E-state index contributed by atoms with van der Waals surface area (Å²) in [6, 6.07) is 6.12. The third-order valence-electron chi connectivity index (χ3n) is 3.39. The molecule has 23 heavy (non-hydrogen) atoms. The Bertz CT molecular complexity index is 682. The SMILES string of the molecule is CCCCC(NC(=O)c1cnn(-c2ccc(Cl)cc2)c1)C(=O)O. The predicted octanol–water partition coefficient (Wildman–Crippen LogP) is 2.90. The summed E-state index contributed by atoms with van der Waals surface area (Å²) in [4.78, 5) is 23.4. The molecule has 2 aromatic rings. The van der Waals surface area contributed by atoms with E-state index >= 15 is 0 Å². The van der Waals surface area contributed by atoms with Crippen molar-refractivity contribution in [2.45, 2.75) is 32.2 Å². The highest BCUT2D eigenvalue weighted by atomic mass is 35.5. The summed E-state index contributed by atoms with van der Waals surface area (Å²) in [5.41, 5.74) is 1.07. The van der Waals surface area contributed by atoms with Gasteiger partial charge in [0.05, 0.1) is 17.4 Å². The summed E-state index contributed by atoms with van der Waals surface area (Å²) in [6.07, 6.45) is 4.97. The first-order valence-corrected chi connectivity index (χ1v) is 7.73. The molecule has 0 aliphatic carbocycles. The van der Waals surface area contributed by atoms with E-state index in [1.165, 1.54) is 10.9 Å². The van der Waals surface area contributed by atoms with Gasteiger partial charge in [-0.2, -0.15) is 5.10 Å². The van der Waals surface area contributed by atoms with Crippen LogP contribution in [0.1, 0.15) is 36.5 Å². The van der Waals surface area contributed by atoms with Gasteiger partial charge in [-0.1, -0.05) is 31.4 Å². The third kappa shape index (κ3) is 4.56. The van der Waals surface area contributed by atoms with Crippen molar-refractivity contribution in [3.63, 3.8) is 0 Å². The normalized spacial score (nSPS) is 11.9. The van der Waals surface area contributed by atoms with Crippen LogP contribution in [0.25, 0.3) is 5.69 Å². The van der Waals surface area contributed by atoms with E-state index in [1.807, 2.05) is 6.92 Å². The molecule has 0 fully saturated rings. The molecule has 0 saturated heterocycles. The number of nitrogens with zero attached hydrogens (tertiary/aromatic N) is 2. The lowest BCUT2D eigenvalue weighted by molar-refractivity contribution is -0.139. The molecule has 0 spiro atoms. The van der Waals surface area contributed by atoms with E-state index in [0.717, 1.165) is 18.5 Å². The lowest BCUT2D eigenvalue weighted by Crippen LogP contribution is -2.40. The van der Waals surface area contributed by atoms with Gasteiger partial charge >= 0.3 is 5.97 Å². The number of aromatic nitrogens is 2. The minimum absolute atomic E-state index is 0.308. The van der Waals surface area contributed by atoms with Gasteiger partial charge in [0.1, 0.15) is 6.04 Å². The molecular weight excluding hydrogens is 318 g/mol. The molecule has 1 aromatic heterocycles. The van der Waals surface area contributed by atoms with Crippen molar-refractivity contribution in [2.24, 2.45) is 0 Å². The zero-order valence-corrected chi connectivity index (χ0v) is 13.5. The molecular formula is C16H18ClN3O3. The molecule has 6 nitrogen and oxygen atoms in total. The monoisotopic (exact) mass is 335 g/mol. The van der Waals surface area contributed by atoms with Gasteiger partial charge in [0.25, 0.3) is 5.91 Å². The maximum absolute atomic E-state index is 12.2. The minimum Gasteiger partial charge on any atom is -0.480 e. The summed E-state index contributed by atoms with van der Waals surface area (Å²) in [6.45, 7) is 1.97. The van der Waals surface area contributed by atoms with Crippen molar-refractivity contribution in [1.82, 2.24) is 15.1 Å². The van der Waals surface area contributed by atoms with Crippen molar-refractivity contribution < 1.29 is 14.7 Å². The number of amides is 1. The van der Waals surface area contributed by atoms with Gasteiger partial charge in [-0.05, 0) is 30.7 Å². The Morgan fingerprint density at radius 3 is 2.65 bits per heavy atom. The second-order valence-corrected chi connectivity index (χ2v) is 5.59. The number of benzene rings is 1. The number of carboxylic acids is 1. The number of carbonyl (C=O) groups excluding carboxylic acids is 1. The molecule has 0 saturated carbocycles. The van der Waals surface area contributed by atoms with Gasteiger partial charge in [0, 0.05) is 11.2 Å². The van der Waals surface area contributed by atoms with Crippen LogP contribution >= 0.6 is 11.6 Å². The number of aliphatic carboxylic acids is 1. The fraction of sp³-hybridized carbons (Fsp3) is 0.312. The van der Waals surface area contributed by atoms with Gasteiger partial charge in [0.15, 0.2) is 0 Å². The molecule has 122 valence electrons. The van der Waals surface area contributed by atoms with E-state index in [1.54, 1.807) is 30.5 Å². The van der Waals surface area contributed by atoms with Crippen LogP contribution in [0.3, 0.4) is 0 Å². The summed E-state index contributed by atoms with van der Waals surface area (Å²) in [7, 11) is 0. The Labute approximate surface area is 139 Å². The molecule has 1 unspecified atom stereocenters. The molecule has 1 amide bonds. The van der Waals surface area contributed by atoms with Crippen LogP contribution in [0, 0.1) is 0 Å². The maximum Gasteiger partial charge on any atom is 0.326 e. The van der Waals surface area contributed by atoms with Gasteiger partial charge in [-0.25, -0.2) is 9.48 Å². The molecule has 0 bridgehead atoms. The van der Waals surface area contributed by atoms with Crippen LogP contribution in [-0.4, -0.2) is 32.8 Å². The number of hydrogen-bond donors (Lipinski definition) is 2. The van der Waals surface area contributed by atoms with Crippen molar-refractivity contribution in [2.75, 3.05) is 0 Å². The van der Waals surface area contributed by atoms with E-state index in [4.69, 9.17) is 16.7 Å². The highest BCUT2D eigenvalue weighted by Gasteiger charge is 2.20. The number of rotatable bonds is 7. The van der Waals surface area contributed by atoms with E-state index in [2.05, 4.69) is 10.4 Å². The highest BCUT2D eigenvalue weighted by molar-refractivity contribution is 6.30. The Kier molecular flexibility index (Phi) is 5.76. The van der Waals surface area contributed by atoms with E-state index in [0.29, 0.717) is 17.0 Å². The molecule has 2 N–H and O–H groups in total. The molecule has 1 atom stereocenters. The molecule has 2 rings (SSSR count). The maximum atomic E-state index is 12.2. The number of carboxylic acid groups (broad SMARTS) is 1. The third-order valence-corrected chi connectivity index (χ3v) is 3.64. The lowest BCUT2D eigenvalue weighted by atomic mass is 10.1. The first kappa shape index (κ1) is 17.0. The number of halogens is 1.